The Balaban J connectivity index is 2.46. The van der Waals surface area contributed by atoms with Gasteiger partial charge in [-0.3, -0.25) is 9.98 Å². The number of para-hydroxylation sites is 1. The van der Waals surface area contributed by atoms with E-state index < -0.39 is 11.7 Å². The molecule has 0 radical (unpaired) electrons. The standard InChI is InChI=1S/C24H31F3N6/c1-16(2)14-31-21(28)20(22(29-3)30-4)23(33-19-8-6-5-7-9-19)32-15-17-10-12-18(13-11-17)24(25,26)27/h5-13,16,32-33H,14-15H2,1-4H3,(H2,28,31)(H,29,30)/b23-20-. The van der Waals surface area contributed by atoms with Crippen LogP contribution in [0.3, 0.4) is 0 Å². The maximum atomic E-state index is 12.9. The largest absolute Gasteiger partial charge is 0.416 e. The van der Waals surface area contributed by atoms with E-state index in [4.69, 9.17) is 5.73 Å². The summed E-state index contributed by atoms with van der Waals surface area (Å²) in [5.41, 5.74) is 7.70. The third-order valence-electron chi connectivity index (χ3n) is 4.62. The van der Waals surface area contributed by atoms with E-state index in [-0.39, 0.29) is 12.4 Å². The Labute approximate surface area is 192 Å². The lowest BCUT2D eigenvalue weighted by Crippen LogP contribution is -2.36. The molecule has 9 heteroatoms. The summed E-state index contributed by atoms with van der Waals surface area (Å²) in [6.07, 6.45) is -4.38. The Morgan fingerprint density at radius 2 is 1.67 bits per heavy atom. The van der Waals surface area contributed by atoms with Gasteiger partial charge in [-0.25, -0.2) is 0 Å². The van der Waals surface area contributed by atoms with Gasteiger partial charge >= 0.3 is 6.18 Å². The van der Waals surface area contributed by atoms with Crippen LogP contribution in [0.1, 0.15) is 25.0 Å². The van der Waals surface area contributed by atoms with Gasteiger partial charge in [0, 0.05) is 32.9 Å². The second-order valence-corrected chi connectivity index (χ2v) is 7.73. The Morgan fingerprint density at radius 3 is 2.18 bits per heavy atom. The van der Waals surface area contributed by atoms with Crippen LogP contribution in [0.15, 0.2) is 76.0 Å². The number of likely N-dealkylation sites (N-methyl/N-ethyl adjacent to an activating group) is 1. The van der Waals surface area contributed by atoms with Crippen molar-refractivity contribution in [3.8, 4) is 0 Å². The maximum Gasteiger partial charge on any atom is 0.416 e. The van der Waals surface area contributed by atoms with Crippen molar-refractivity contribution in [1.82, 2.24) is 10.6 Å². The number of rotatable bonds is 9. The molecule has 0 spiro atoms. The molecule has 0 bridgehead atoms. The first-order valence-electron chi connectivity index (χ1n) is 10.6. The van der Waals surface area contributed by atoms with E-state index in [1.165, 1.54) is 12.1 Å². The molecule has 0 saturated carbocycles. The molecular formula is C24H31F3N6. The minimum absolute atomic E-state index is 0.259. The third kappa shape index (κ3) is 7.85. The third-order valence-corrected chi connectivity index (χ3v) is 4.62. The predicted octanol–water partition coefficient (Wildman–Crippen LogP) is 4.38. The van der Waals surface area contributed by atoms with Crippen LogP contribution in [0.4, 0.5) is 18.9 Å². The van der Waals surface area contributed by atoms with Crippen molar-refractivity contribution in [3.63, 3.8) is 0 Å². The lowest BCUT2D eigenvalue weighted by Gasteiger charge is -2.20. The van der Waals surface area contributed by atoms with Gasteiger partial charge in [0.2, 0.25) is 0 Å². The molecule has 178 valence electrons. The number of anilines is 1. The number of hydrogen-bond donors (Lipinski definition) is 4. The lowest BCUT2D eigenvalue weighted by molar-refractivity contribution is -0.137. The van der Waals surface area contributed by atoms with Crippen LogP contribution in [-0.2, 0) is 12.7 Å². The molecule has 0 aliphatic heterocycles. The van der Waals surface area contributed by atoms with Crippen molar-refractivity contribution in [2.75, 3.05) is 26.0 Å². The first kappa shape index (κ1) is 25.8. The summed E-state index contributed by atoms with van der Waals surface area (Å²) in [4.78, 5) is 8.80. The molecule has 0 fully saturated rings. The molecule has 2 rings (SSSR count). The first-order chi connectivity index (χ1) is 15.7. The second kappa shape index (κ2) is 11.9. The molecule has 5 N–H and O–H groups in total. The maximum absolute atomic E-state index is 12.9. The van der Waals surface area contributed by atoms with Gasteiger partial charge < -0.3 is 21.7 Å². The molecule has 6 nitrogen and oxygen atoms in total. The van der Waals surface area contributed by atoms with Crippen molar-refractivity contribution in [2.24, 2.45) is 21.6 Å². The summed E-state index contributed by atoms with van der Waals surface area (Å²) < 4.78 is 38.7. The Bertz CT molecular complexity index is 978. The molecular weight excluding hydrogens is 429 g/mol. The number of benzene rings is 2. The summed E-state index contributed by atoms with van der Waals surface area (Å²) in [5.74, 6) is 1.64. The summed E-state index contributed by atoms with van der Waals surface area (Å²) in [6, 6.07) is 14.5. The highest BCUT2D eigenvalue weighted by molar-refractivity contribution is 6.23. The van der Waals surface area contributed by atoms with E-state index in [1.54, 1.807) is 14.1 Å². The lowest BCUT2D eigenvalue weighted by atomic mass is 10.1. The zero-order valence-electron chi connectivity index (χ0n) is 19.3. The number of nitrogens with one attached hydrogen (secondary N) is 3. The molecule has 0 aliphatic carbocycles. The fourth-order valence-electron chi connectivity index (χ4n) is 2.94. The fourth-order valence-corrected chi connectivity index (χ4v) is 2.94. The van der Waals surface area contributed by atoms with E-state index in [1.807, 2.05) is 44.2 Å². The molecule has 0 heterocycles. The van der Waals surface area contributed by atoms with Gasteiger partial charge in [-0.2, -0.15) is 13.2 Å². The molecule has 0 atom stereocenters. The SMILES string of the molecule is CN=C(NC)/C(C(N)=NCC(C)C)=C(/NCc1ccc(C(F)(F)F)cc1)Nc1ccccc1. The predicted molar refractivity (Wildman–Crippen MR) is 129 cm³/mol. The zero-order valence-corrected chi connectivity index (χ0v) is 19.3. The average molecular weight is 461 g/mol. The van der Waals surface area contributed by atoms with E-state index >= 15 is 0 Å². The minimum atomic E-state index is -4.38. The van der Waals surface area contributed by atoms with E-state index in [2.05, 4.69) is 25.9 Å². The molecule has 0 amide bonds. The molecule has 2 aromatic carbocycles. The number of alkyl halides is 3. The summed E-state index contributed by atoms with van der Waals surface area (Å²) >= 11 is 0. The van der Waals surface area contributed by atoms with Gasteiger partial charge in [-0.05, 0) is 35.7 Å². The molecule has 2 aromatic rings. The molecule has 0 aromatic heterocycles. The highest BCUT2D eigenvalue weighted by Crippen LogP contribution is 2.29. The molecule has 0 unspecified atom stereocenters. The van der Waals surface area contributed by atoms with Crippen LogP contribution in [0, 0.1) is 5.92 Å². The minimum Gasteiger partial charge on any atom is -0.383 e. The summed E-state index contributed by atoms with van der Waals surface area (Å²) in [5, 5.41) is 9.61. The van der Waals surface area contributed by atoms with Crippen molar-refractivity contribution in [1.29, 1.82) is 0 Å². The zero-order chi connectivity index (χ0) is 24.4. The van der Waals surface area contributed by atoms with Crippen molar-refractivity contribution < 1.29 is 13.2 Å². The number of aliphatic imine (C=N–C) groups is 2. The van der Waals surface area contributed by atoms with Crippen molar-refractivity contribution in [3.05, 3.63) is 77.1 Å². The number of nitrogens with two attached hydrogens (primary N) is 1. The molecule has 0 aliphatic rings. The number of halogens is 3. The number of nitrogens with zero attached hydrogens (tertiary/aromatic N) is 2. The van der Waals surface area contributed by atoms with Crippen LogP contribution in [0.25, 0.3) is 0 Å². The Morgan fingerprint density at radius 1 is 1.03 bits per heavy atom. The van der Waals surface area contributed by atoms with Crippen LogP contribution in [-0.4, -0.2) is 32.3 Å². The van der Waals surface area contributed by atoms with Gasteiger partial charge in [-0.15, -0.1) is 0 Å². The van der Waals surface area contributed by atoms with Gasteiger partial charge in [0.15, 0.2) is 0 Å². The van der Waals surface area contributed by atoms with E-state index in [0.717, 1.165) is 17.8 Å². The van der Waals surface area contributed by atoms with Crippen LogP contribution < -0.4 is 21.7 Å². The normalized spacial score (nSPS) is 13.6. The van der Waals surface area contributed by atoms with Crippen LogP contribution in [0.2, 0.25) is 0 Å². The second-order valence-electron chi connectivity index (χ2n) is 7.73. The van der Waals surface area contributed by atoms with Gasteiger partial charge in [0.25, 0.3) is 0 Å². The molecule has 33 heavy (non-hydrogen) atoms. The topological polar surface area (TPSA) is 86.8 Å². The van der Waals surface area contributed by atoms with Crippen molar-refractivity contribution >= 4 is 17.4 Å². The van der Waals surface area contributed by atoms with Gasteiger partial charge in [-0.1, -0.05) is 44.2 Å². The number of hydrogen-bond acceptors (Lipinski definition) is 4. The fraction of sp³-hybridized carbons (Fsp3) is 0.333. The van der Waals surface area contributed by atoms with E-state index in [9.17, 15) is 13.2 Å². The highest BCUT2D eigenvalue weighted by atomic mass is 19.4. The van der Waals surface area contributed by atoms with E-state index in [0.29, 0.717) is 35.3 Å². The first-order valence-corrected chi connectivity index (χ1v) is 10.6. The quantitative estimate of drug-likeness (QED) is 0.330. The number of amidine groups is 2. The smallest absolute Gasteiger partial charge is 0.383 e. The van der Waals surface area contributed by atoms with Crippen LogP contribution >= 0.6 is 0 Å². The van der Waals surface area contributed by atoms with Crippen LogP contribution in [0.5, 0.6) is 0 Å². The van der Waals surface area contributed by atoms with Crippen molar-refractivity contribution in [2.45, 2.75) is 26.6 Å². The monoisotopic (exact) mass is 460 g/mol. The Kier molecular flexibility index (Phi) is 9.32. The summed E-state index contributed by atoms with van der Waals surface area (Å²) in [7, 11) is 3.37. The highest BCUT2D eigenvalue weighted by Gasteiger charge is 2.29. The van der Waals surface area contributed by atoms with Gasteiger partial charge in [0.1, 0.15) is 17.5 Å². The Hall–Kier alpha value is -3.49. The molecule has 0 saturated heterocycles. The summed E-state index contributed by atoms with van der Waals surface area (Å²) in [6.45, 7) is 4.88. The van der Waals surface area contributed by atoms with Gasteiger partial charge in [0.05, 0.1) is 11.1 Å². The average Bonchev–Trinajstić information content (AvgIpc) is 2.79.